The summed E-state index contributed by atoms with van der Waals surface area (Å²) in [6.45, 7) is 5.06. The van der Waals surface area contributed by atoms with E-state index in [-0.39, 0.29) is 0 Å². The molecule has 0 atom stereocenters. The average molecular weight is 380 g/mol. The van der Waals surface area contributed by atoms with Crippen LogP contribution in [0.4, 0.5) is 0 Å². The number of rotatable bonds is 4. The monoisotopic (exact) mass is 380 g/mol. The molecular weight excluding hydrogens is 352 g/mol. The molecule has 0 aliphatic heterocycles. The fourth-order valence-corrected chi connectivity index (χ4v) is 3.57. The van der Waals surface area contributed by atoms with Crippen molar-refractivity contribution in [1.29, 1.82) is 0 Å². The molecule has 0 amide bonds. The van der Waals surface area contributed by atoms with Gasteiger partial charge in [-0.2, -0.15) is 0 Å². The number of aromatic nitrogens is 2. The molecule has 0 saturated heterocycles. The summed E-state index contributed by atoms with van der Waals surface area (Å²) in [5.74, 6) is 1.72. The second-order valence-corrected chi connectivity index (χ2v) is 6.73. The minimum atomic E-state index is 0.498. The van der Waals surface area contributed by atoms with Gasteiger partial charge < -0.3 is 30.9 Å². The Bertz CT molecular complexity index is 1010. The van der Waals surface area contributed by atoms with E-state index in [1.165, 1.54) is 0 Å². The van der Waals surface area contributed by atoms with E-state index >= 15 is 0 Å². The molecule has 0 spiro atoms. The van der Waals surface area contributed by atoms with E-state index in [1.54, 1.807) is 14.2 Å². The van der Waals surface area contributed by atoms with Crippen LogP contribution >= 0.6 is 0 Å². The predicted molar refractivity (Wildman–Crippen MR) is 115 cm³/mol. The van der Waals surface area contributed by atoms with Crippen LogP contribution in [0.3, 0.4) is 0 Å². The van der Waals surface area contributed by atoms with Crippen LogP contribution in [-0.4, -0.2) is 24.2 Å². The minimum absolute atomic E-state index is 0.498. The number of aryl methyl sites for hydroxylation is 2. The quantitative estimate of drug-likeness (QED) is 0.431. The van der Waals surface area contributed by atoms with Crippen LogP contribution < -0.4 is 20.9 Å². The number of hydrogen-bond donors (Lipinski definition) is 4. The van der Waals surface area contributed by atoms with E-state index in [2.05, 4.69) is 22.1 Å². The van der Waals surface area contributed by atoms with E-state index in [4.69, 9.17) is 20.9 Å². The molecule has 28 heavy (non-hydrogen) atoms. The molecule has 2 heterocycles. The van der Waals surface area contributed by atoms with Gasteiger partial charge in [0.2, 0.25) is 0 Å². The highest BCUT2D eigenvalue weighted by Crippen LogP contribution is 2.28. The van der Waals surface area contributed by atoms with Crippen molar-refractivity contribution in [3.8, 4) is 11.5 Å². The molecule has 2 aromatic heterocycles. The van der Waals surface area contributed by atoms with E-state index in [0.29, 0.717) is 13.1 Å². The summed E-state index contributed by atoms with van der Waals surface area (Å²) >= 11 is 0. The maximum absolute atomic E-state index is 5.71. The Balaban J connectivity index is 0.000000161. The highest BCUT2D eigenvalue weighted by Gasteiger charge is 2.09. The van der Waals surface area contributed by atoms with Gasteiger partial charge in [0.1, 0.15) is 11.5 Å². The highest BCUT2D eigenvalue weighted by molar-refractivity contribution is 5.87. The first-order chi connectivity index (χ1) is 13.5. The summed E-state index contributed by atoms with van der Waals surface area (Å²) in [5.41, 5.74) is 18.1. The Hall–Kier alpha value is -2.96. The van der Waals surface area contributed by atoms with Gasteiger partial charge >= 0.3 is 0 Å². The van der Waals surface area contributed by atoms with Crippen LogP contribution in [0.15, 0.2) is 36.4 Å². The number of hydrogen-bond acceptors (Lipinski definition) is 4. The lowest BCUT2D eigenvalue weighted by atomic mass is 10.1. The molecule has 0 bridgehead atoms. The minimum Gasteiger partial charge on any atom is -0.496 e. The Labute approximate surface area is 164 Å². The first kappa shape index (κ1) is 19.8. The van der Waals surface area contributed by atoms with Gasteiger partial charge in [0.25, 0.3) is 0 Å². The van der Waals surface area contributed by atoms with Gasteiger partial charge in [-0.3, -0.25) is 0 Å². The van der Waals surface area contributed by atoms with Crippen LogP contribution in [-0.2, 0) is 13.1 Å². The van der Waals surface area contributed by atoms with Gasteiger partial charge in [0.15, 0.2) is 0 Å². The second-order valence-electron chi connectivity index (χ2n) is 6.73. The number of aromatic amines is 2. The molecule has 148 valence electrons. The standard InChI is InChI=1S/2C11H14N2O/c2*1-7-5-8-9(6-12)11(14-2)4-3-10(8)13-7/h2*3-5,13H,6,12H2,1-2H3. The first-order valence-corrected chi connectivity index (χ1v) is 9.22. The number of benzene rings is 2. The van der Waals surface area contributed by atoms with E-state index < -0.39 is 0 Å². The molecule has 0 aliphatic carbocycles. The van der Waals surface area contributed by atoms with Gasteiger partial charge in [-0.25, -0.2) is 0 Å². The lowest BCUT2D eigenvalue weighted by Gasteiger charge is -2.07. The molecule has 0 radical (unpaired) electrons. The van der Waals surface area contributed by atoms with Crippen molar-refractivity contribution in [1.82, 2.24) is 9.97 Å². The third-order valence-corrected chi connectivity index (χ3v) is 4.86. The van der Waals surface area contributed by atoms with E-state index in [9.17, 15) is 0 Å². The SMILES string of the molecule is COc1ccc2[nH]c(C)cc2c1CN.COc1ccc2[nH]c(C)cc2c1CN. The highest BCUT2D eigenvalue weighted by atomic mass is 16.5. The lowest BCUT2D eigenvalue weighted by molar-refractivity contribution is 0.410. The second kappa shape index (κ2) is 8.37. The van der Waals surface area contributed by atoms with Crippen LogP contribution in [0.5, 0.6) is 11.5 Å². The number of methoxy groups -OCH3 is 2. The van der Waals surface area contributed by atoms with Crippen LogP contribution in [0, 0.1) is 13.8 Å². The summed E-state index contributed by atoms with van der Waals surface area (Å²) in [4.78, 5) is 6.55. The fraction of sp³-hybridized carbons (Fsp3) is 0.273. The zero-order valence-corrected chi connectivity index (χ0v) is 16.8. The normalized spacial score (nSPS) is 10.8. The average Bonchev–Trinajstić information content (AvgIpc) is 3.27. The maximum Gasteiger partial charge on any atom is 0.124 e. The molecule has 0 unspecified atom stereocenters. The van der Waals surface area contributed by atoms with Crippen molar-refractivity contribution >= 4 is 21.8 Å². The summed E-state index contributed by atoms with van der Waals surface area (Å²) in [6, 6.07) is 12.1. The molecule has 6 N–H and O–H groups in total. The van der Waals surface area contributed by atoms with Crippen molar-refractivity contribution in [2.24, 2.45) is 11.5 Å². The number of ether oxygens (including phenoxy) is 2. The van der Waals surface area contributed by atoms with Gasteiger partial charge in [-0.15, -0.1) is 0 Å². The predicted octanol–water partition coefficient (Wildman–Crippen LogP) is 3.89. The zero-order valence-electron chi connectivity index (χ0n) is 16.8. The van der Waals surface area contributed by atoms with E-state index in [0.717, 1.165) is 55.8 Å². The molecule has 4 aromatic rings. The van der Waals surface area contributed by atoms with Crippen molar-refractivity contribution in [2.45, 2.75) is 26.9 Å². The Kier molecular flexibility index (Phi) is 5.92. The fourth-order valence-electron chi connectivity index (χ4n) is 3.57. The Morgan fingerprint density at radius 1 is 0.714 bits per heavy atom. The number of nitrogens with two attached hydrogens (primary N) is 2. The maximum atomic E-state index is 5.71. The molecule has 0 aliphatic rings. The number of H-pyrrole nitrogens is 2. The van der Waals surface area contributed by atoms with Crippen molar-refractivity contribution in [2.75, 3.05) is 14.2 Å². The van der Waals surface area contributed by atoms with Gasteiger partial charge in [-0.05, 0) is 50.2 Å². The molecule has 0 saturated carbocycles. The first-order valence-electron chi connectivity index (χ1n) is 9.22. The number of fused-ring (bicyclic) bond motifs is 2. The Morgan fingerprint density at radius 2 is 1.11 bits per heavy atom. The summed E-state index contributed by atoms with van der Waals surface area (Å²) in [5, 5.41) is 2.31. The smallest absolute Gasteiger partial charge is 0.124 e. The van der Waals surface area contributed by atoms with Crippen LogP contribution in [0.1, 0.15) is 22.5 Å². The van der Waals surface area contributed by atoms with Gasteiger partial charge in [0.05, 0.1) is 14.2 Å². The molecule has 4 rings (SSSR count). The third-order valence-electron chi connectivity index (χ3n) is 4.86. The zero-order chi connectivity index (χ0) is 20.3. The lowest BCUT2D eigenvalue weighted by Crippen LogP contribution is -2.00. The molecular formula is C22H28N4O2. The van der Waals surface area contributed by atoms with Crippen molar-refractivity contribution < 1.29 is 9.47 Å². The molecule has 0 fully saturated rings. The topological polar surface area (TPSA) is 102 Å². The largest absolute Gasteiger partial charge is 0.496 e. The Morgan fingerprint density at radius 3 is 1.43 bits per heavy atom. The summed E-state index contributed by atoms with van der Waals surface area (Å²) in [6.07, 6.45) is 0. The van der Waals surface area contributed by atoms with Gasteiger partial charge in [0, 0.05) is 57.4 Å². The molecule has 2 aromatic carbocycles. The molecule has 6 nitrogen and oxygen atoms in total. The third kappa shape index (κ3) is 3.69. The summed E-state index contributed by atoms with van der Waals surface area (Å²) in [7, 11) is 3.33. The van der Waals surface area contributed by atoms with Gasteiger partial charge in [-0.1, -0.05) is 0 Å². The molecule has 6 heteroatoms. The van der Waals surface area contributed by atoms with Crippen molar-refractivity contribution in [3.63, 3.8) is 0 Å². The number of nitrogens with one attached hydrogen (secondary N) is 2. The van der Waals surface area contributed by atoms with Crippen molar-refractivity contribution in [3.05, 3.63) is 58.9 Å². The van der Waals surface area contributed by atoms with E-state index in [1.807, 2.05) is 38.1 Å². The van der Waals surface area contributed by atoms with Crippen LogP contribution in [0.2, 0.25) is 0 Å². The summed E-state index contributed by atoms with van der Waals surface area (Å²) < 4.78 is 10.5. The van der Waals surface area contributed by atoms with Crippen LogP contribution in [0.25, 0.3) is 21.8 Å².